The summed E-state index contributed by atoms with van der Waals surface area (Å²) in [5, 5.41) is 0. The molecule has 0 aliphatic carbocycles. The highest BCUT2D eigenvalue weighted by atomic mass is 15.3. The quantitative estimate of drug-likeness (QED) is 0.808. The second-order valence-electron chi connectivity index (χ2n) is 5.84. The van der Waals surface area contributed by atoms with Crippen LogP contribution in [0.1, 0.15) is 43.9 Å². The minimum absolute atomic E-state index is 0.539. The summed E-state index contributed by atoms with van der Waals surface area (Å²) in [6.45, 7) is 11.6. The third-order valence-electron chi connectivity index (χ3n) is 4.15. The second-order valence-corrected chi connectivity index (χ2v) is 5.84. The smallest absolute Gasteiger partial charge is 0.0321 e. The maximum Gasteiger partial charge on any atom is 0.0321 e. The third kappa shape index (κ3) is 3.12. The number of rotatable bonds is 3. The Labute approximate surface area is 112 Å². The molecule has 0 bridgehead atoms. The molecule has 0 N–H and O–H groups in total. The summed E-state index contributed by atoms with van der Waals surface area (Å²) >= 11 is 0. The van der Waals surface area contributed by atoms with E-state index in [9.17, 15) is 0 Å². The van der Waals surface area contributed by atoms with Crippen LogP contribution in [-0.2, 0) is 0 Å². The Hall–Kier alpha value is -0.860. The zero-order chi connectivity index (χ0) is 13.1. The second kappa shape index (κ2) is 5.85. The monoisotopic (exact) mass is 246 g/mol. The lowest BCUT2D eigenvalue weighted by atomic mass is 9.97. The van der Waals surface area contributed by atoms with Crippen LogP contribution in [0.25, 0.3) is 0 Å². The van der Waals surface area contributed by atoms with E-state index in [1.807, 2.05) is 0 Å². The molecular weight excluding hydrogens is 220 g/mol. The Balaban J connectivity index is 2.08. The molecule has 2 rings (SSSR count). The van der Waals surface area contributed by atoms with Gasteiger partial charge in [0.1, 0.15) is 0 Å². The van der Waals surface area contributed by atoms with E-state index >= 15 is 0 Å². The molecule has 0 spiro atoms. The first kappa shape index (κ1) is 13.6. The first-order valence-electron chi connectivity index (χ1n) is 7.10. The van der Waals surface area contributed by atoms with Gasteiger partial charge in [0.05, 0.1) is 0 Å². The van der Waals surface area contributed by atoms with Crippen LogP contribution in [0.2, 0.25) is 0 Å². The molecule has 0 radical (unpaired) electrons. The van der Waals surface area contributed by atoms with Gasteiger partial charge in [0.2, 0.25) is 0 Å². The molecule has 100 valence electrons. The lowest BCUT2D eigenvalue weighted by molar-refractivity contribution is 0.119. The highest BCUT2D eigenvalue weighted by Crippen LogP contribution is 2.24. The van der Waals surface area contributed by atoms with Crippen molar-refractivity contribution in [3.63, 3.8) is 0 Å². The summed E-state index contributed by atoms with van der Waals surface area (Å²) in [6.07, 6.45) is 0. The number of hydrogen-bond acceptors (Lipinski definition) is 2. The SMILES string of the molecule is CC(C)c1cccc(C(C)N2CCN(C)CC2)c1. The number of piperazine rings is 1. The van der Waals surface area contributed by atoms with Gasteiger partial charge in [0.15, 0.2) is 0 Å². The van der Waals surface area contributed by atoms with Crippen LogP contribution >= 0.6 is 0 Å². The molecule has 1 aromatic rings. The maximum absolute atomic E-state index is 2.60. The largest absolute Gasteiger partial charge is 0.304 e. The van der Waals surface area contributed by atoms with E-state index < -0.39 is 0 Å². The molecule has 18 heavy (non-hydrogen) atoms. The molecule has 1 aliphatic rings. The van der Waals surface area contributed by atoms with Gasteiger partial charge < -0.3 is 4.90 Å². The predicted octanol–water partition coefficient (Wildman–Crippen LogP) is 3.12. The minimum Gasteiger partial charge on any atom is -0.304 e. The van der Waals surface area contributed by atoms with Crippen molar-refractivity contribution in [2.45, 2.75) is 32.7 Å². The summed E-state index contributed by atoms with van der Waals surface area (Å²) in [4.78, 5) is 5.01. The van der Waals surface area contributed by atoms with Gasteiger partial charge in [0, 0.05) is 32.2 Å². The van der Waals surface area contributed by atoms with E-state index in [4.69, 9.17) is 0 Å². The van der Waals surface area contributed by atoms with E-state index in [-0.39, 0.29) is 0 Å². The van der Waals surface area contributed by atoms with E-state index in [2.05, 4.69) is 61.9 Å². The van der Waals surface area contributed by atoms with Crippen LogP contribution in [-0.4, -0.2) is 43.0 Å². The van der Waals surface area contributed by atoms with Crippen molar-refractivity contribution in [3.8, 4) is 0 Å². The Bertz CT molecular complexity index is 378. The van der Waals surface area contributed by atoms with Gasteiger partial charge >= 0.3 is 0 Å². The summed E-state index contributed by atoms with van der Waals surface area (Å²) in [6, 6.07) is 9.64. The van der Waals surface area contributed by atoms with Gasteiger partial charge in [0.25, 0.3) is 0 Å². The molecule has 0 aromatic heterocycles. The van der Waals surface area contributed by atoms with Crippen LogP contribution in [0.15, 0.2) is 24.3 Å². The average Bonchev–Trinajstić information content (AvgIpc) is 2.39. The summed E-state index contributed by atoms with van der Waals surface area (Å²) in [7, 11) is 2.21. The number of hydrogen-bond donors (Lipinski definition) is 0. The van der Waals surface area contributed by atoms with Gasteiger partial charge in [-0.3, -0.25) is 4.90 Å². The number of likely N-dealkylation sites (N-methyl/N-ethyl adjacent to an activating group) is 1. The molecule has 0 amide bonds. The molecule has 2 heteroatoms. The summed E-state index contributed by atoms with van der Waals surface area (Å²) in [5.74, 6) is 0.615. The van der Waals surface area contributed by atoms with Crippen LogP contribution in [0, 0.1) is 0 Å². The van der Waals surface area contributed by atoms with Crippen molar-refractivity contribution in [3.05, 3.63) is 35.4 Å². The standard InChI is InChI=1S/C16H26N2/c1-13(2)15-6-5-7-16(12-15)14(3)18-10-8-17(4)9-11-18/h5-7,12-14H,8-11H2,1-4H3. The molecule has 1 saturated heterocycles. The van der Waals surface area contributed by atoms with Gasteiger partial charge in [-0.2, -0.15) is 0 Å². The summed E-state index contributed by atoms with van der Waals surface area (Å²) < 4.78 is 0. The zero-order valence-electron chi connectivity index (χ0n) is 12.2. The van der Waals surface area contributed by atoms with Crippen molar-refractivity contribution < 1.29 is 0 Å². The molecule has 1 atom stereocenters. The highest BCUT2D eigenvalue weighted by Gasteiger charge is 2.20. The van der Waals surface area contributed by atoms with Crippen molar-refractivity contribution in [2.24, 2.45) is 0 Å². The van der Waals surface area contributed by atoms with Crippen molar-refractivity contribution in [2.75, 3.05) is 33.2 Å². The molecule has 1 aliphatic heterocycles. The fraction of sp³-hybridized carbons (Fsp3) is 0.625. The summed E-state index contributed by atoms with van der Waals surface area (Å²) in [5.41, 5.74) is 2.92. The fourth-order valence-corrected chi connectivity index (χ4v) is 2.60. The Morgan fingerprint density at radius 2 is 1.56 bits per heavy atom. The molecule has 1 unspecified atom stereocenters. The zero-order valence-corrected chi connectivity index (χ0v) is 12.2. The first-order chi connectivity index (χ1) is 8.58. The van der Waals surface area contributed by atoms with Crippen molar-refractivity contribution in [1.29, 1.82) is 0 Å². The van der Waals surface area contributed by atoms with Crippen molar-refractivity contribution >= 4 is 0 Å². The Morgan fingerprint density at radius 1 is 0.944 bits per heavy atom. The van der Waals surface area contributed by atoms with Gasteiger partial charge in [-0.15, -0.1) is 0 Å². The van der Waals surface area contributed by atoms with Gasteiger partial charge in [-0.1, -0.05) is 38.1 Å². The van der Waals surface area contributed by atoms with Crippen LogP contribution < -0.4 is 0 Å². The predicted molar refractivity (Wildman–Crippen MR) is 78.0 cm³/mol. The molecular formula is C16H26N2. The van der Waals surface area contributed by atoms with Crippen LogP contribution in [0.4, 0.5) is 0 Å². The highest BCUT2D eigenvalue weighted by molar-refractivity contribution is 5.27. The van der Waals surface area contributed by atoms with Crippen LogP contribution in [0.3, 0.4) is 0 Å². The maximum atomic E-state index is 2.60. The van der Waals surface area contributed by atoms with E-state index in [0.29, 0.717) is 12.0 Å². The van der Waals surface area contributed by atoms with Gasteiger partial charge in [-0.25, -0.2) is 0 Å². The first-order valence-corrected chi connectivity index (χ1v) is 7.10. The van der Waals surface area contributed by atoms with Gasteiger partial charge in [-0.05, 0) is 31.0 Å². The number of benzene rings is 1. The van der Waals surface area contributed by atoms with E-state index in [1.54, 1.807) is 0 Å². The topological polar surface area (TPSA) is 6.48 Å². The molecule has 1 aromatic carbocycles. The number of nitrogens with zero attached hydrogens (tertiary/aromatic N) is 2. The lowest BCUT2D eigenvalue weighted by Crippen LogP contribution is -2.45. The van der Waals surface area contributed by atoms with Crippen LogP contribution in [0.5, 0.6) is 0 Å². The Kier molecular flexibility index (Phi) is 4.41. The minimum atomic E-state index is 0.539. The normalized spacial score (nSPS) is 20.3. The average molecular weight is 246 g/mol. The fourth-order valence-electron chi connectivity index (χ4n) is 2.60. The molecule has 0 saturated carbocycles. The third-order valence-corrected chi connectivity index (χ3v) is 4.15. The molecule has 2 nitrogen and oxygen atoms in total. The van der Waals surface area contributed by atoms with E-state index in [1.165, 1.54) is 37.3 Å². The molecule has 1 heterocycles. The van der Waals surface area contributed by atoms with Crippen molar-refractivity contribution in [1.82, 2.24) is 9.80 Å². The Morgan fingerprint density at radius 3 is 2.17 bits per heavy atom. The molecule has 1 fully saturated rings. The lowest BCUT2D eigenvalue weighted by Gasteiger charge is -2.36. The van der Waals surface area contributed by atoms with E-state index in [0.717, 1.165) is 0 Å².